The maximum Gasteiger partial charge on any atom is 0.124 e. The molecule has 1 spiro atoms. The average Bonchev–Trinajstić information content (AvgIpc) is 3.15. The van der Waals surface area contributed by atoms with Gasteiger partial charge in [-0.3, -0.25) is 0 Å². The van der Waals surface area contributed by atoms with E-state index in [9.17, 15) is 0 Å². The Hall–Kier alpha value is -0.930. The van der Waals surface area contributed by atoms with E-state index in [4.69, 9.17) is 25.8 Å². The summed E-state index contributed by atoms with van der Waals surface area (Å²) in [6.07, 6.45) is 7.56. The lowest BCUT2D eigenvalue weighted by Gasteiger charge is -2.24. The molecule has 0 radical (unpaired) electrons. The Morgan fingerprint density at radius 1 is 1.29 bits per heavy atom. The molecule has 0 amide bonds. The van der Waals surface area contributed by atoms with Crippen molar-refractivity contribution in [2.24, 2.45) is 0 Å². The van der Waals surface area contributed by atoms with Gasteiger partial charge in [0.05, 0.1) is 24.7 Å². The van der Waals surface area contributed by atoms with Gasteiger partial charge in [0, 0.05) is 5.56 Å². The molecule has 3 nitrogen and oxygen atoms in total. The van der Waals surface area contributed by atoms with Gasteiger partial charge in [0.25, 0.3) is 0 Å². The van der Waals surface area contributed by atoms with Crippen LogP contribution in [0.25, 0.3) is 0 Å². The van der Waals surface area contributed by atoms with Crippen LogP contribution in [0, 0.1) is 0 Å². The minimum absolute atomic E-state index is 0.170. The number of hydrogen-bond acceptors (Lipinski definition) is 3. The molecule has 4 heteroatoms. The van der Waals surface area contributed by atoms with Crippen LogP contribution in [0.3, 0.4) is 0 Å². The summed E-state index contributed by atoms with van der Waals surface area (Å²) < 4.78 is 17.4. The maximum atomic E-state index is 6.27. The van der Waals surface area contributed by atoms with E-state index >= 15 is 0 Å². The molecule has 1 heterocycles. The predicted molar refractivity (Wildman–Crippen MR) is 83.4 cm³/mol. The van der Waals surface area contributed by atoms with Gasteiger partial charge in [-0.25, -0.2) is 0 Å². The monoisotopic (exact) mass is 310 g/mol. The van der Waals surface area contributed by atoms with Crippen molar-refractivity contribution in [2.75, 3.05) is 13.7 Å². The van der Waals surface area contributed by atoms with Crippen LogP contribution in [-0.2, 0) is 10.6 Å². The molecule has 1 aromatic carbocycles. The van der Waals surface area contributed by atoms with E-state index in [2.05, 4.69) is 0 Å². The fraction of sp³-hybridized carbons (Fsp3) is 0.647. The van der Waals surface area contributed by atoms with E-state index in [0.717, 1.165) is 23.5 Å². The third-order valence-corrected chi connectivity index (χ3v) is 4.98. The first-order chi connectivity index (χ1) is 10.2. The number of benzene rings is 1. The summed E-state index contributed by atoms with van der Waals surface area (Å²) in [6.45, 7) is 0.609. The Bertz CT molecular complexity index is 483. The van der Waals surface area contributed by atoms with Gasteiger partial charge in [0.1, 0.15) is 18.1 Å². The van der Waals surface area contributed by atoms with Crippen molar-refractivity contribution in [1.29, 1.82) is 0 Å². The maximum absolute atomic E-state index is 6.27. The molecule has 1 unspecified atom stereocenters. The summed E-state index contributed by atoms with van der Waals surface area (Å²) in [5, 5.41) is 0. The normalized spacial score (nSPS) is 23.6. The highest BCUT2D eigenvalue weighted by Crippen LogP contribution is 2.43. The van der Waals surface area contributed by atoms with Crippen molar-refractivity contribution in [3.63, 3.8) is 0 Å². The lowest BCUT2D eigenvalue weighted by atomic mass is 9.98. The zero-order valence-electron chi connectivity index (χ0n) is 12.6. The van der Waals surface area contributed by atoms with Crippen LogP contribution in [0.4, 0.5) is 0 Å². The second-order valence-corrected chi connectivity index (χ2v) is 6.35. The number of alkyl halides is 1. The van der Waals surface area contributed by atoms with Crippen LogP contribution in [0.5, 0.6) is 11.5 Å². The Kier molecular flexibility index (Phi) is 4.60. The number of halogens is 1. The molecule has 2 fully saturated rings. The van der Waals surface area contributed by atoms with Crippen molar-refractivity contribution >= 4 is 11.6 Å². The van der Waals surface area contributed by atoms with Crippen molar-refractivity contribution in [1.82, 2.24) is 0 Å². The van der Waals surface area contributed by atoms with Gasteiger partial charge in [-0.05, 0) is 43.9 Å². The molecule has 1 aliphatic heterocycles. The van der Waals surface area contributed by atoms with E-state index in [1.165, 1.54) is 32.1 Å². The van der Waals surface area contributed by atoms with Crippen LogP contribution in [-0.4, -0.2) is 25.4 Å². The molecular formula is C17H23ClO3. The summed E-state index contributed by atoms with van der Waals surface area (Å²) >= 11 is 5.99. The highest BCUT2D eigenvalue weighted by atomic mass is 35.5. The van der Waals surface area contributed by atoms with Crippen molar-refractivity contribution < 1.29 is 14.2 Å². The molecule has 3 rings (SSSR count). The largest absolute Gasteiger partial charge is 0.497 e. The molecule has 0 N–H and O–H groups in total. The number of rotatable bonds is 5. The second kappa shape index (κ2) is 6.45. The molecule has 1 aromatic rings. The Morgan fingerprint density at radius 3 is 2.81 bits per heavy atom. The average molecular weight is 311 g/mol. The Labute approximate surface area is 131 Å². The zero-order chi connectivity index (χ0) is 14.7. The van der Waals surface area contributed by atoms with Crippen LogP contribution in [0.15, 0.2) is 18.2 Å². The molecule has 0 aromatic heterocycles. The molecule has 1 saturated carbocycles. The number of hydrogen-bond donors (Lipinski definition) is 0. The molecule has 2 aliphatic rings. The molecule has 21 heavy (non-hydrogen) atoms. The topological polar surface area (TPSA) is 27.7 Å². The highest BCUT2D eigenvalue weighted by Gasteiger charge is 2.42. The van der Waals surface area contributed by atoms with Gasteiger partial charge in [0.2, 0.25) is 0 Å². The number of ether oxygens (including phenoxy) is 3. The zero-order valence-corrected chi connectivity index (χ0v) is 13.3. The molecule has 0 bridgehead atoms. The van der Waals surface area contributed by atoms with Gasteiger partial charge in [-0.1, -0.05) is 12.8 Å². The third kappa shape index (κ3) is 3.29. The first-order valence-corrected chi connectivity index (χ1v) is 8.32. The standard InChI is InChI=1S/C17H23ClO3/c1-19-14-4-5-16(13(10-14)11-18)20-12-15-6-9-17(21-15)7-2-3-8-17/h4-5,10,15H,2-3,6-9,11-12H2,1H3. The van der Waals surface area contributed by atoms with E-state index in [1.807, 2.05) is 18.2 Å². The van der Waals surface area contributed by atoms with Gasteiger partial charge in [-0.2, -0.15) is 0 Å². The van der Waals surface area contributed by atoms with Crippen LogP contribution < -0.4 is 9.47 Å². The predicted octanol–water partition coefficient (Wildman–Crippen LogP) is 4.30. The lowest BCUT2D eigenvalue weighted by Crippen LogP contribution is -2.27. The first-order valence-electron chi connectivity index (χ1n) is 7.78. The van der Waals surface area contributed by atoms with Gasteiger partial charge >= 0.3 is 0 Å². The fourth-order valence-electron chi connectivity index (χ4n) is 3.51. The van der Waals surface area contributed by atoms with Gasteiger partial charge in [0.15, 0.2) is 0 Å². The van der Waals surface area contributed by atoms with E-state index in [1.54, 1.807) is 7.11 Å². The number of methoxy groups -OCH3 is 1. The van der Waals surface area contributed by atoms with Gasteiger partial charge in [-0.15, -0.1) is 11.6 Å². The molecule has 1 saturated heterocycles. The van der Waals surface area contributed by atoms with Crippen molar-refractivity contribution in [3.8, 4) is 11.5 Å². The molecule has 116 valence electrons. The van der Waals surface area contributed by atoms with E-state index in [0.29, 0.717) is 12.5 Å². The van der Waals surface area contributed by atoms with E-state index < -0.39 is 0 Å². The second-order valence-electron chi connectivity index (χ2n) is 6.09. The minimum Gasteiger partial charge on any atom is -0.497 e. The van der Waals surface area contributed by atoms with E-state index in [-0.39, 0.29) is 11.7 Å². The lowest BCUT2D eigenvalue weighted by molar-refractivity contribution is -0.0509. The SMILES string of the molecule is COc1ccc(OCC2CCC3(CCCC3)O2)c(CCl)c1. The van der Waals surface area contributed by atoms with Crippen LogP contribution in [0.2, 0.25) is 0 Å². The summed E-state index contributed by atoms with van der Waals surface area (Å²) in [6, 6.07) is 5.76. The third-order valence-electron chi connectivity index (χ3n) is 4.69. The molecule has 1 atom stereocenters. The Balaban J connectivity index is 1.58. The highest BCUT2D eigenvalue weighted by molar-refractivity contribution is 6.17. The van der Waals surface area contributed by atoms with Crippen LogP contribution >= 0.6 is 11.6 Å². The van der Waals surface area contributed by atoms with Crippen LogP contribution in [0.1, 0.15) is 44.1 Å². The molecule has 1 aliphatic carbocycles. The summed E-state index contributed by atoms with van der Waals surface area (Å²) in [5.74, 6) is 2.06. The quantitative estimate of drug-likeness (QED) is 0.759. The summed E-state index contributed by atoms with van der Waals surface area (Å²) in [5.41, 5.74) is 1.13. The Morgan fingerprint density at radius 2 is 2.10 bits per heavy atom. The fourth-order valence-corrected chi connectivity index (χ4v) is 3.72. The summed E-state index contributed by atoms with van der Waals surface area (Å²) in [4.78, 5) is 0. The van der Waals surface area contributed by atoms with Gasteiger partial charge < -0.3 is 14.2 Å². The first kappa shape index (κ1) is 15.0. The molecular weight excluding hydrogens is 288 g/mol. The smallest absolute Gasteiger partial charge is 0.124 e. The van der Waals surface area contributed by atoms with Crippen molar-refractivity contribution in [3.05, 3.63) is 23.8 Å². The minimum atomic E-state index is 0.170. The summed E-state index contributed by atoms with van der Waals surface area (Å²) in [7, 11) is 1.65. The van der Waals surface area contributed by atoms with Crippen molar-refractivity contribution in [2.45, 2.75) is 56.1 Å².